The molecule has 0 radical (unpaired) electrons. The molecule has 0 aliphatic rings. The van der Waals surface area contributed by atoms with E-state index in [0.29, 0.717) is 0 Å². The zero-order valence-corrected chi connectivity index (χ0v) is 11.5. The molecule has 0 aliphatic carbocycles. The van der Waals surface area contributed by atoms with Gasteiger partial charge in [-0.2, -0.15) is 0 Å². The molecule has 0 aliphatic heterocycles. The Kier molecular flexibility index (Phi) is 70.1. The summed E-state index contributed by atoms with van der Waals surface area (Å²) >= 11 is 0. The Morgan fingerprint density at radius 2 is 0.364 bits per heavy atom. The minimum Gasteiger partial charge on any atom is -0.369 e. The van der Waals surface area contributed by atoms with E-state index in [2.05, 4.69) is 0 Å². The van der Waals surface area contributed by atoms with Crippen molar-refractivity contribution in [3.05, 3.63) is 76.6 Å². The first kappa shape index (κ1) is 42.8. The third-order valence-corrected chi connectivity index (χ3v) is 0. The topological polar surface area (TPSA) is 367 Å². The van der Waals surface area contributed by atoms with E-state index in [1.54, 1.807) is 0 Å². The van der Waals surface area contributed by atoms with Crippen molar-refractivity contribution < 1.29 is 44.9 Å². The van der Waals surface area contributed by atoms with Crippen LogP contribution in [0.2, 0.25) is 0 Å². The van der Waals surface area contributed by atoms with E-state index >= 15 is 0 Å². The quantitative estimate of drug-likeness (QED) is 0.279. The van der Waals surface area contributed by atoms with Gasteiger partial charge in [0.2, 0.25) is 0 Å². The second kappa shape index (κ2) is 36.0. The van der Waals surface area contributed by atoms with Crippen LogP contribution in [0.25, 0.3) is 0 Å². The molecule has 0 aromatic heterocycles. The Morgan fingerprint density at radius 3 is 0.364 bits per heavy atom. The van der Waals surface area contributed by atoms with Gasteiger partial charge in [0.15, 0.2) is 0 Å². The average molecular weight is 429 g/mol. The van der Waals surface area contributed by atoms with Gasteiger partial charge in [0.05, 0.1) is 25.4 Å². The Bertz CT molecular complexity index is 209. The molecular formula is H4N6O15Ru. The summed E-state index contributed by atoms with van der Waals surface area (Å²) < 4.78 is 0. The molecule has 0 aromatic carbocycles. The predicted octanol–water partition coefficient (Wildman–Crippen LogP) is -0.822. The fraction of sp³-hybridized carbons (Fsp3) is 0. The van der Waals surface area contributed by atoms with E-state index in [1.165, 1.54) is 0 Å². The monoisotopic (exact) mass is 430 g/mol. The molecule has 22 heavy (non-hydrogen) atoms. The Balaban J connectivity index is -0.0000000250. The Morgan fingerprint density at radius 1 is 0.364 bits per heavy atom. The second-order valence-corrected chi connectivity index (χ2v) is 1.12. The van der Waals surface area contributed by atoms with Crippen LogP contribution in [0.15, 0.2) is 0 Å². The van der Waals surface area contributed by atoms with E-state index in [-0.39, 0.29) is 25.6 Å². The summed E-state index contributed by atoms with van der Waals surface area (Å²) in [5.74, 6) is 0. The van der Waals surface area contributed by atoms with Crippen LogP contribution in [-0.2, 0) is 19.5 Å². The molecule has 0 saturated heterocycles. The Labute approximate surface area is 128 Å². The molecule has 0 atom stereocenters. The zero-order chi connectivity index (χ0) is 17.9. The summed E-state index contributed by atoms with van der Waals surface area (Å²) in [4.78, 5) is 41.2. The van der Waals surface area contributed by atoms with Gasteiger partial charge in [-0.15, -0.1) is 0 Å². The summed E-state index contributed by atoms with van der Waals surface area (Å²) in [7, 11) is 0. The standard InChI is InChI=1S/5NO3.H3N.Ru/c5*2-1(3)4;;/h;;;;;1H3;/q5*-1;;+4/p+1. The van der Waals surface area contributed by atoms with Gasteiger partial charge >= 0.3 is 19.5 Å². The number of rotatable bonds is 0. The number of hydrogen-bond donors (Lipinski definition) is 1. The van der Waals surface area contributed by atoms with E-state index in [1.807, 2.05) is 0 Å². The van der Waals surface area contributed by atoms with E-state index in [0.717, 1.165) is 0 Å². The van der Waals surface area contributed by atoms with Gasteiger partial charge in [0.1, 0.15) is 0 Å². The first-order chi connectivity index (χ1) is 8.66. The molecule has 0 saturated carbocycles. The molecule has 4 N–H and O–H groups in total. The summed E-state index contributed by atoms with van der Waals surface area (Å²) in [6.45, 7) is 0. The number of hydrogen-bond acceptors (Lipinski definition) is 15. The van der Waals surface area contributed by atoms with Gasteiger partial charge in [0, 0.05) is 0 Å². The van der Waals surface area contributed by atoms with Crippen molar-refractivity contribution in [2.75, 3.05) is 0 Å². The van der Waals surface area contributed by atoms with Gasteiger partial charge < -0.3 is 82.8 Å². The summed E-state index contributed by atoms with van der Waals surface area (Å²) in [6, 6.07) is 0. The molecule has 0 heterocycles. The van der Waals surface area contributed by atoms with Gasteiger partial charge in [-0.05, 0) is 0 Å². The molecule has 0 unspecified atom stereocenters. The van der Waals surface area contributed by atoms with Crippen molar-refractivity contribution >= 4 is 0 Å². The summed E-state index contributed by atoms with van der Waals surface area (Å²) in [5.41, 5.74) is 0. The summed E-state index contributed by atoms with van der Waals surface area (Å²) in [5, 5.41) is 73.8. The molecule has 21 nitrogen and oxygen atoms in total. The van der Waals surface area contributed by atoms with E-state index in [4.69, 9.17) is 76.6 Å². The van der Waals surface area contributed by atoms with E-state index < -0.39 is 25.4 Å². The maximum absolute atomic E-state index is 8.25. The third-order valence-electron chi connectivity index (χ3n) is 0. The largest absolute Gasteiger partial charge is 4.00 e. The molecule has 0 fully saturated rings. The molecular weight excluding hydrogens is 425 g/mol. The molecule has 0 rings (SSSR count). The van der Waals surface area contributed by atoms with Crippen LogP contribution in [-0.4, -0.2) is 25.4 Å². The summed E-state index contributed by atoms with van der Waals surface area (Å²) in [6.07, 6.45) is 0. The van der Waals surface area contributed by atoms with Crippen LogP contribution in [0.5, 0.6) is 0 Å². The van der Waals surface area contributed by atoms with Gasteiger partial charge in [-0.3, -0.25) is 0 Å². The van der Waals surface area contributed by atoms with Crippen molar-refractivity contribution in [2.24, 2.45) is 0 Å². The van der Waals surface area contributed by atoms with Crippen molar-refractivity contribution in [2.45, 2.75) is 0 Å². The average Bonchev–Trinajstić information content (AvgIpc) is 1.94. The SMILES string of the molecule is O=[N+]([O-])[O-].O=[N+]([O-])[O-].O=[N+]([O-])[O-].O=[N+]([O-])[O-].O=[N+]([O-])[O-].[NH4+].[Ru+4]. The number of quaternary nitrogens is 1. The van der Waals surface area contributed by atoms with Crippen LogP contribution in [0.3, 0.4) is 0 Å². The maximum Gasteiger partial charge on any atom is 4.00 e. The molecule has 132 valence electrons. The minimum absolute atomic E-state index is 0. The molecule has 0 aromatic rings. The van der Waals surface area contributed by atoms with Crippen molar-refractivity contribution in [3.63, 3.8) is 0 Å². The third kappa shape index (κ3) is 345. The first-order valence-corrected chi connectivity index (χ1v) is 2.74. The smallest absolute Gasteiger partial charge is 0.369 e. The van der Waals surface area contributed by atoms with Crippen LogP contribution in [0, 0.1) is 76.6 Å². The molecule has 22 heteroatoms. The Hall–Kier alpha value is -3.42. The fourth-order valence-corrected chi connectivity index (χ4v) is 0. The molecule has 0 amide bonds. The van der Waals surface area contributed by atoms with Crippen molar-refractivity contribution in [3.8, 4) is 0 Å². The van der Waals surface area contributed by atoms with Gasteiger partial charge in [-0.1, -0.05) is 0 Å². The second-order valence-electron chi connectivity index (χ2n) is 1.12. The van der Waals surface area contributed by atoms with Crippen LogP contribution >= 0.6 is 0 Å². The van der Waals surface area contributed by atoms with Crippen molar-refractivity contribution in [1.82, 2.24) is 6.15 Å². The minimum atomic E-state index is -1.75. The van der Waals surface area contributed by atoms with Crippen molar-refractivity contribution in [1.29, 1.82) is 0 Å². The predicted molar refractivity (Wildman–Crippen MR) is 57.8 cm³/mol. The zero-order valence-electron chi connectivity index (χ0n) is 9.71. The van der Waals surface area contributed by atoms with Gasteiger partial charge in [-0.25, -0.2) is 0 Å². The normalized spacial score (nSPS) is 5.45. The van der Waals surface area contributed by atoms with Crippen LogP contribution in [0.1, 0.15) is 0 Å². The maximum atomic E-state index is 8.25. The fourth-order valence-electron chi connectivity index (χ4n) is 0. The first-order valence-electron chi connectivity index (χ1n) is 2.74. The number of nitrogens with zero attached hydrogens (tertiary/aromatic N) is 5. The molecule has 0 bridgehead atoms. The van der Waals surface area contributed by atoms with Gasteiger partial charge in [0.25, 0.3) is 0 Å². The molecule has 0 spiro atoms. The van der Waals surface area contributed by atoms with Crippen LogP contribution in [0.4, 0.5) is 0 Å². The van der Waals surface area contributed by atoms with Crippen LogP contribution < -0.4 is 6.15 Å². The van der Waals surface area contributed by atoms with E-state index in [9.17, 15) is 0 Å².